The van der Waals surface area contributed by atoms with Crippen molar-refractivity contribution in [3.05, 3.63) is 60.2 Å². The van der Waals surface area contributed by atoms with Crippen molar-refractivity contribution in [2.45, 2.75) is 57.8 Å². The normalized spacial score (nSPS) is 14.6. The molecule has 1 unspecified atom stereocenters. The van der Waals surface area contributed by atoms with E-state index in [2.05, 4.69) is 53.1 Å². The highest BCUT2D eigenvalue weighted by molar-refractivity contribution is 5.86. The third-order valence-electron chi connectivity index (χ3n) is 6.65. The minimum atomic E-state index is 0. The molecule has 0 aromatic heterocycles. The molecular weight excluding hydrogens is 467 g/mol. The predicted molar refractivity (Wildman–Crippen MR) is 148 cm³/mol. The van der Waals surface area contributed by atoms with Crippen LogP contribution >= 0.6 is 24.8 Å². The van der Waals surface area contributed by atoms with Crippen LogP contribution in [0.2, 0.25) is 0 Å². The predicted octanol–water partition coefficient (Wildman–Crippen LogP) is 6.76. The molecule has 1 saturated heterocycles. The van der Waals surface area contributed by atoms with Crippen LogP contribution < -0.4 is 9.64 Å². The maximum atomic E-state index is 13.1. The van der Waals surface area contributed by atoms with Gasteiger partial charge in [0.25, 0.3) is 0 Å². The molecule has 34 heavy (non-hydrogen) atoms. The van der Waals surface area contributed by atoms with Gasteiger partial charge in [0, 0.05) is 38.5 Å². The molecule has 2 aromatic carbocycles. The number of Topliss-reactive ketones (excluding diaryl/α,β-unsaturated/α-hetero) is 1. The Bertz CT molecular complexity index is 811. The molecule has 1 fully saturated rings. The van der Waals surface area contributed by atoms with E-state index in [0.717, 1.165) is 51.3 Å². The monoisotopic (exact) mass is 508 g/mol. The number of carbonyl (C=O) groups excluding carboxylic acids is 1. The second-order valence-electron chi connectivity index (χ2n) is 8.88. The number of rotatable bonds is 13. The molecule has 0 bridgehead atoms. The highest BCUT2D eigenvalue weighted by Gasteiger charge is 2.23. The van der Waals surface area contributed by atoms with E-state index in [4.69, 9.17) is 4.74 Å². The largest absolute Gasteiger partial charge is 0.495 e. The Kier molecular flexibility index (Phi) is 15.0. The van der Waals surface area contributed by atoms with Crippen LogP contribution in [0.15, 0.2) is 54.6 Å². The van der Waals surface area contributed by atoms with Gasteiger partial charge in [0.2, 0.25) is 0 Å². The Hall–Kier alpha value is -1.75. The summed E-state index contributed by atoms with van der Waals surface area (Å²) >= 11 is 0. The van der Waals surface area contributed by atoms with Crippen molar-refractivity contribution in [2.75, 3.05) is 44.7 Å². The van der Waals surface area contributed by atoms with E-state index in [1.807, 2.05) is 18.2 Å². The van der Waals surface area contributed by atoms with Gasteiger partial charge in [0.1, 0.15) is 11.5 Å². The number of nitrogens with zero attached hydrogens (tertiary/aromatic N) is 2. The van der Waals surface area contributed by atoms with Crippen molar-refractivity contribution >= 4 is 36.3 Å². The second-order valence-corrected chi connectivity index (χ2v) is 8.88. The van der Waals surface area contributed by atoms with E-state index in [1.54, 1.807) is 7.11 Å². The van der Waals surface area contributed by atoms with Gasteiger partial charge in [-0.2, -0.15) is 0 Å². The van der Waals surface area contributed by atoms with Crippen LogP contribution in [-0.4, -0.2) is 50.5 Å². The number of benzene rings is 2. The molecule has 190 valence electrons. The first-order valence-corrected chi connectivity index (χ1v) is 12.4. The molecule has 0 spiro atoms. The number of ether oxygens (including phenoxy) is 1. The highest BCUT2D eigenvalue weighted by Crippen LogP contribution is 2.29. The zero-order valence-corrected chi connectivity index (χ0v) is 22.4. The zero-order chi connectivity index (χ0) is 22.6. The van der Waals surface area contributed by atoms with Crippen LogP contribution in [0.25, 0.3) is 0 Å². The van der Waals surface area contributed by atoms with E-state index in [1.165, 1.54) is 36.9 Å². The summed E-state index contributed by atoms with van der Waals surface area (Å²) in [5, 5.41) is 0. The lowest BCUT2D eigenvalue weighted by molar-refractivity contribution is -0.120. The fraction of sp³-hybridized carbons (Fsp3) is 0.536. The molecule has 2 aromatic rings. The molecule has 4 nitrogen and oxygen atoms in total. The Morgan fingerprint density at radius 3 is 2.21 bits per heavy atom. The maximum Gasteiger partial charge on any atom is 0.142 e. The van der Waals surface area contributed by atoms with Gasteiger partial charge >= 0.3 is 0 Å². The van der Waals surface area contributed by atoms with Gasteiger partial charge < -0.3 is 9.64 Å². The number of hydrogen-bond donors (Lipinski definition) is 0. The van der Waals surface area contributed by atoms with Crippen molar-refractivity contribution in [1.29, 1.82) is 0 Å². The van der Waals surface area contributed by atoms with Crippen LogP contribution in [0.1, 0.15) is 63.4 Å². The van der Waals surface area contributed by atoms with E-state index >= 15 is 0 Å². The van der Waals surface area contributed by atoms with E-state index < -0.39 is 0 Å². The fourth-order valence-corrected chi connectivity index (χ4v) is 4.69. The summed E-state index contributed by atoms with van der Waals surface area (Å²) in [6.45, 7) is 7.21. The minimum absolute atomic E-state index is 0. The Balaban J connectivity index is 0.00000289. The number of hydrogen-bond acceptors (Lipinski definition) is 4. The van der Waals surface area contributed by atoms with Crippen molar-refractivity contribution in [3.63, 3.8) is 0 Å². The molecule has 6 heteroatoms. The number of para-hydroxylation sites is 2. The molecule has 0 amide bonds. The Morgan fingerprint density at radius 1 is 0.882 bits per heavy atom. The first-order chi connectivity index (χ1) is 15.7. The number of methoxy groups -OCH3 is 1. The van der Waals surface area contributed by atoms with E-state index in [9.17, 15) is 4.79 Å². The first kappa shape index (κ1) is 30.3. The molecule has 0 N–H and O–H groups in total. The SMILES string of the molecule is CCCCCCCC(=O)C(CCN1CCN(c2ccccc2OC)CC1)c1ccccc1.Cl.Cl. The summed E-state index contributed by atoms with van der Waals surface area (Å²) in [4.78, 5) is 18.0. The van der Waals surface area contributed by atoms with Gasteiger partial charge in [-0.3, -0.25) is 9.69 Å². The molecule has 0 saturated carbocycles. The number of anilines is 1. The second kappa shape index (κ2) is 16.8. The van der Waals surface area contributed by atoms with Crippen LogP contribution in [0.3, 0.4) is 0 Å². The van der Waals surface area contributed by atoms with Crippen LogP contribution in [0.5, 0.6) is 5.75 Å². The third kappa shape index (κ3) is 9.13. The summed E-state index contributed by atoms with van der Waals surface area (Å²) in [6, 6.07) is 18.7. The minimum Gasteiger partial charge on any atom is -0.495 e. The van der Waals surface area contributed by atoms with Gasteiger partial charge in [-0.15, -0.1) is 24.8 Å². The summed E-state index contributed by atoms with van der Waals surface area (Å²) in [5.41, 5.74) is 2.36. The summed E-state index contributed by atoms with van der Waals surface area (Å²) in [5.74, 6) is 1.38. The molecule has 0 aliphatic carbocycles. The smallest absolute Gasteiger partial charge is 0.142 e. The third-order valence-corrected chi connectivity index (χ3v) is 6.65. The lowest BCUT2D eigenvalue weighted by Crippen LogP contribution is -2.47. The van der Waals surface area contributed by atoms with E-state index in [0.29, 0.717) is 12.2 Å². The van der Waals surface area contributed by atoms with Crippen LogP contribution in [0, 0.1) is 0 Å². The topological polar surface area (TPSA) is 32.8 Å². The first-order valence-electron chi connectivity index (χ1n) is 12.4. The molecular formula is C28H42Cl2N2O2. The average Bonchev–Trinajstić information content (AvgIpc) is 2.85. The number of unbranched alkanes of at least 4 members (excludes halogenated alkanes) is 4. The van der Waals surface area contributed by atoms with Crippen molar-refractivity contribution in [2.24, 2.45) is 0 Å². The number of piperazine rings is 1. The Labute approximate surface area is 218 Å². The molecule has 0 radical (unpaired) electrons. The molecule has 1 aliphatic rings. The van der Waals surface area contributed by atoms with Gasteiger partial charge in [0.15, 0.2) is 0 Å². The molecule has 3 rings (SSSR count). The van der Waals surface area contributed by atoms with Crippen LogP contribution in [-0.2, 0) is 4.79 Å². The molecule has 1 atom stereocenters. The van der Waals surface area contributed by atoms with Gasteiger partial charge in [0.05, 0.1) is 12.8 Å². The lowest BCUT2D eigenvalue weighted by Gasteiger charge is -2.37. The van der Waals surface area contributed by atoms with Gasteiger partial charge in [-0.05, 0) is 37.1 Å². The summed E-state index contributed by atoms with van der Waals surface area (Å²) in [7, 11) is 1.74. The van der Waals surface area contributed by atoms with Gasteiger partial charge in [-0.25, -0.2) is 0 Å². The standard InChI is InChI=1S/C28H40N2O2.2ClH/c1-3-4-5-6-10-16-27(31)25(24-13-8-7-9-14-24)18-19-29-20-22-30(23-21-29)26-15-11-12-17-28(26)32-2;;/h7-9,11-15,17,25H,3-6,10,16,18-23H2,1-2H3;2*1H. The summed E-state index contributed by atoms with van der Waals surface area (Å²) in [6.07, 6.45) is 7.58. The highest BCUT2D eigenvalue weighted by atomic mass is 35.5. The van der Waals surface area contributed by atoms with Gasteiger partial charge in [-0.1, -0.05) is 75.1 Å². The van der Waals surface area contributed by atoms with E-state index in [-0.39, 0.29) is 30.7 Å². The number of carbonyl (C=O) groups is 1. The number of ketones is 1. The van der Waals surface area contributed by atoms with Crippen molar-refractivity contribution in [1.82, 2.24) is 4.90 Å². The maximum absolute atomic E-state index is 13.1. The quantitative estimate of drug-likeness (QED) is 0.279. The Morgan fingerprint density at radius 2 is 1.53 bits per heavy atom. The number of halogens is 2. The van der Waals surface area contributed by atoms with Crippen molar-refractivity contribution in [3.8, 4) is 5.75 Å². The fourth-order valence-electron chi connectivity index (χ4n) is 4.69. The molecule has 1 heterocycles. The van der Waals surface area contributed by atoms with Crippen molar-refractivity contribution < 1.29 is 9.53 Å². The molecule has 1 aliphatic heterocycles. The zero-order valence-electron chi connectivity index (χ0n) is 20.8. The summed E-state index contributed by atoms with van der Waals surface area (Å²) < 4.78 is 5.54. The van der Waals surface area contributed by atoms with Crippen LogP contribution in [0.4, 0.5) is 5.69 Å². The lowest BCUT2D eigenvalue weighted by atomic mass is 9.88. The average molecular weight is 510 g/mol.